The van der Waals surface area contributed by atoms with E-state index in [1.807, 2.05) is 0 Å². The molecule has 2 rings (SSSR count). The molecule has 12 heavy (non-hydrogen) atoms. The molecule has 2 saturated heterocycles. The Morgan fingerprint density at radius 1 is 1.58 bits per heavy atom. The van der Waals surface area contributed by atoms with Crippen molar-refractivity contribution in [3.05, 3.63) is 0 Å². The van der Waals surface area contributed by atoms with E-state index in [0.29, 0.717) is 12.1 Å². The molecule has 0 aromatic heterocycles. The van der Waals surface area contributed by atoms with E-state index in [0.717, 1.165) is 25.8 Å². The highest BCUT2D eigenvalue weighted by molar-refractivity contribution is 5.82. The Balaban J connectivity index is 2.05. The number of hydrogen-bond donors (Lipinski definition) is 2. The zero-order valence-corrected chi connectivity index (χ0v) is 7.47. The van der Waals surface area contributed by atoms with E-state index < -0.39 is 0 Å². The van der Waals surface area contributed by atoms with Crippen molar-refractivity contribution >= 4 is 5.91 Å². The van der Waals surface area contributed by atoms with Crippen LogP contribution in [0.4, 0.5) is 0 Å². The quantitative estimate of drug-likeness (QED) is 0.621. The van der Waals surface area contributed by atoms with Crippen molar-refractivity contribution < 1.29 is 4.79 Å². The van der Waals surface area contributed by atoms with Gasteiger partial charge in [0.25, 0.3) is 0 Å². The maximum atomic E-state index is 11.4. The lowest BCUT2D eigenvalue weighted by Gasteiger charge is -2.14. The Hall–Kier alpha value is -0.570. The third kappa shape index (κ3) is 1.12. The molecule has 0 bridgehead atoms. The van der Waals surface area contributed by atoms with E-state index in [-0.39, 0.29) is 11.8 Å². The third-order valence-corrected chi connectivity index (χ3v) is 2.97. The normalized spacial score (nSPS) is 39.8. The minimum absolute atomic E-state index is 0.238. The van der Waals surface area contributed by atoms with Gasteiger partial charge in [-0.25, -0.2) is 0 Å². The summed E-state index contributed by atoms with van der Waals surface area (Å²) >= 11 is 0. The number of amides is 1. The van der Waals surface area contributed by atoms with E-state index in [9.17, 15) is 4.79 Å². The van der Waals surface area contributed by atoms with Crippen LogP contribution in [-0.2, 0) is 4.79 Å². The average Bonchev–Trinajstić information content (AvgIpc) is 2.56. The van der Waals surface area contributed by atoms with Gasteiger partial charge in [-0.2, -0.15) is 0 Å². The van der Waals surface area contributed by atoms with E-state index in [1.165, 1.54) is 0 Å². The highest BCUT2D eigenvalue weighted by Gasteiger charge is 2.43. The summed E-state index contributed by atoms with van der Waals surface area (Å²) in [6.07, 6.45) is 3.24. The number of carbonyl (C=O) groups is 1. The summed E-state index contributed by atoms with van der Waals surface area (Å²) in [6.45, 7) is 3.20. The smallest absolute Gasteiger partial charge is 0.225 e. The summed E-state index contributed by atoms with van der Waals surface area (Å²) in [5.41, 5.74) is 0. The molecule has 0 aliphatic carbocycles. The van der Waals surface area contributed by atoms with Crippen LogP contribution in [0.1, 0.15) is 26.2 Å². The molecule has 0 unspecified atom stereocenters. The molecule has 0 aromatic rings. The van der Waals surface area contributed by atoms with Crippen LogP contribution in [-0.4, -0.2) is 24.5 Å². The van der Waals surface area contributed by atoms with Crippen molar-refractivity contribution in [2.75, 3.05) is 6.54 Å². The van der Waals surface area contributed by atoms with E-state index in [4.69, 9.17) is 0 Å². The number of carbonyl (C=O) groups excluding carboxylic acids is 1. The van der Waals surface area contributed by atoms with Gasteiger partial charge in [0.2, 0.25) is 5.91 Å². The zero-order chi connectivity index (χ0) is 8.55. The van der Waals surface area contributed by atoms with Crippen LogP contribution in [0.2, 0.25) is 0 Å². The van der Waals surface area contributed by atoms with Gasteiger partial charge in [-0.3, -0.25) is 4.79 Å². The maximum Gasteiger partial charge on any atom is 0.225 e. The van der Waals surface area contributed by atoms with Crippen LogP contribution in [0.3, 0.4) is 0 Å². The first kappa shape index (κ1) is 8.05. The average molecular weight is 168 g/mol. The fraction of sp³-hybridized carbons (Fsp3) is 0.889. The predicted molar refractivity (Wildman–Crippen MR) is 46.7 cm³/mol. The molecular weight excluding hydrogens is 152 g/mol. The molecule has 3 atom stereocenters. The summed E-state index contributed by atoms with van der Waals surface area (Å²) < 4.78 is 0. The molecule has 2 heterocycles. The van der Waals surface area contributed by atoms with Crippen LogP contribution in [0.15, 0.2) is 0 Å². The van der Waals surface area contributed by atoms with Crippen LogP contribution in [0.5, 0.6) is 0 Å². The van der Waals surface area contributed by atoms with Gasteiger partial charge >= 0.3 is 0 Å². The van der Waals surface area contributed by atoms with Gasteiger partial charge in [-0.15, -0.1) is 0 Å². The second-order valence-corrected chi connectivity index (χ2v) is 3.78. The molecule has 0 aromatic carbocycles. The van der Waals surface area contributed by atoms with Gasteiger partial charge in [0.1, 0.15) is 0 Å². The third-order valence-electron chi connectivity index (χ3n) is 2.97. The lowest BCUT2D eigenvalue weighted by Crippen LogP contribution is -2.34. The molecule has 3 heteroatoms. The minimum atomic E-state index is 0.238. The lowest BCUT2D eigenvalue weighted by molar-refractivity contribution is -0.123. The zero-order valence-electron chi connectivity index (χ0n) is 7.47. The Morgan fingerprint density at radius 2 is 2.42 bits per heavy atom. The lowest BCUT2D eigenvalue weighted by atomic mass is 9.95. The van der Waals surface area contributed by atoms with Crippen LogP contribution >= 0.6 is 0 Å². The molecular formula is C9H16N2O. The molecule has 0 spiro atoms. The summed E-state index contributed by atoms with van der Waals surface area (Å²) in [5, 5.41) is 6.45. The highest BCUT2D eigenvalue weighted by Crippen LogP contribution is 2.26. The highest BCUT2D eigenvalue weighted by atomic mass is 16.2. The molecule has 0 saturated carbocycles. The fourth-order valence-corrected chi connectivity index (χ4v) is 2.39. The number of nitrogens with one attached hydrogen (secondary N) is 2. The first-order valence-corrected chi connectivity index (χ1v) is 4.86. The summed E-state index contributed by atoms with van der Waals surface area (Å²) in [5.74, 6) is 0.501. The van der Waals surface area contributed by atoms with Crippen molar-refractivity contribution in [3.8, 4) is 0 Å². The second-order valence-electron chi connectivity index (χ2n) is 3.78. The van der Waals surface area contributed by atoms with E-state index >= 15 is 0 Å². The summed E-state index contributed by atoms with van der Waals surface area (Å²) in [4.78, 5) is 11.4. The molecule has 2 aliphatic heterocycles. The monoisotopic (exact) mass is 168 g/mol. The number of hydrogen-bond acceptors (Lipinski definition) is 2. The Bertz CT molecular complexity index is 193. The van der Waals surface area contributed by atoms with Crippen molar-refractivity contribution in [2.45, 2.75) is 38.3 Å². The molecule has 2 N–H and O–H groups in total. The van der Waals surface area contributed by atoms with Crippen LogP contribution in [0, 0.1) is 5.92 Å². The van der Waals surface area contributed by atoms with Crippen molar-refractivity contribution in [1.29, 1.82) is 0 Å². The Morgan fingerprint density at radius 3 is 3.17 bits per heavy atom. The Labute approximate surface area is 72.9 Å². The van der Waals surface area contributed by atoms with Crippen molar-refractivity contribution in [2.24, 2.45) is 5.92 Å². The van der Waals surface area contributed by atoms with Gasteiger partial charge < -0.3 is 10.6 Å². The van der Waals surface area contributed by atoms with Gasteiger partial charge in [0, 0.05) is 12.1 Å². The number of rotatable bonds is 2. The van der Waals surface area contributed by atoms with E-state index in [2.05, 4.69) is 17.6 Å². The van der Waals surface area contributed by atoms with Gasteiger partial charge in [0.15, 0.2) is 0 Å². The van der Waals surface area contributed by atoms with Crippen LogP contribution < -0.4 is 10.6 Å². The van der Waals surface area contributed by atoms with Crippen LogP contribution in [0.25, 0.3) is 0 Å². The first-order valence-electron chi connectivity index (χ1n) is 4.86. The second kappa shape index (κ2) is 3.05. The molecule has 1 amide bonds. The molecule has 0 radical (unpaired) electrons. The topological polar surface area (TPSA) is 41.1 Å². The Kier molecular flexibility index (Phi) is 2.05. The first-order chi connectivity index (χ1) is 5.83. The molecule has 3 nitrogen and oxygen atoms in total. The van der Waals surface area contributed by atoms with Crippen molar-refractivity contribution in [3.63, 3.8) is 0 Å². The summed E-state index contributed by atoms with van der Waals surface area (Å²) in [6, 6.07) is 0.853. The minimum Gasteiger partial charge on any atom is -0.351 e. The maximum absolute atomic E-state index is 11.4. The van der Waals surface area contributed by atoms with Gasteiger partial charge in [-0.05, 0) is 19.4 Å². The molecule has 68 valence electrons. The van der Waals surface area contributed by atoms with Gasteiger partial charge in [0.05, 0.1) is 5.92 Å². The SMILES string of the molecule is CCC[C@H]1C(=O)N[C@H]2CCN[C@@H]21. The largest absolute Gasteiger partial charge is 0.351 e. The standard InChI is InChI=1S/C9H16N2O/c1-2-3-6-8-7(4-5-10-8)11-9(6)12/h6-8,10H,2-5H2,1H3,(H,11,12)/t6-,7+,8-/m1/s1. The summed E-state index contributed by atoms with van der Waals surface area (Å²) in [7, 11) is 0. The number of fused-ring (bicyclic) bond motifs is 1. The molecule has 2 aliphatic rings. The molecule has 2 fully saturated rings. The van der Waals surface area contributed by atoms with Crippen molar-refractivity contribution in [1.82, 2.24) is 10.6 Å². The predicted octanol–water partition coefficient (Wildman–Crippen LogP) is 0.263. The van der Waals surface area contributed by atoms with E-state index in [1.54, 1.807) is 0 Å². The fourth-order valence-electron chi connectivity index (χ4n) is 2.39. The van der Waals surface area contributed by atoms with Gasteiger partial charge in [-0.1, -0.05) is 13.3 Å².